The van der Waals surface area contributed by atoms with Crippen LogP contribution in [0.2, 0.25) is 0 Å². The SMILES string of the molecule is CNCC(=Cc1cn[nH]c1C)B1OC(C)(C)C(C)(C)O1. The van der Waals surface area contributed by atoms with Crippen LogP contribution in [0.1, 0.15) is 39.0 Å². The molecule has 2 heterocycles. The molecular weight excluding hydrogens is 253 g/mol. The van der Waals surface area contributed by atoms with E-state index in [1.165, 1.54) is 0 Å². The van der Waals surface area contributed by atoms with Gasteiger partial charge in [-0.1, -0.05) is 6.08 Å². The summed E-state index contributed by atoms with van der Waals surface area (Å²) in [5.41, 5.74) is 2.52. The molecule has 0 aliphatic carbocycles. The van der Waals surface area contributed by atoms with Gasteiger partial charge in [-0.25, -0.2) is 0 Å². The zero-order valence-electron chi connectivity index (χ0n) is 13.2. The van der Waals surface area contributed by atoms with Gasteiger partial charge >= 0.3 is 7.12 Å². The van der Waals surface area contributed by atoms with Crippen LogP contribution < -0.4 is 5.32 Å². The summed E-state index contributed by atoms with van der Waals surface area (Å²) in [5.74, 6) is 0. The number of rotatable bonds is 4. The first kappa shape index (κ1) is 15.3. The van der Waals surface area contributed by atoms with E-state index in [2.05, 4.69) is 49.3 Å². The number of aromatic amines is 1. The van der Waals surface area contributed by atoms with Gasteiger partial charge in [0.1, 0.15) is 0 Å². The molecular formula is C14H24BN3O2. The lowest BCUT2D eigenvalue weighted by Gasteiger charge is -2.32. The fraction of sp³-hybridized carbons (Fsp3) is 0.643. The molecule has 6 heteroatoms. The maximum atomic E-state index is 6.11. The van der Waals surface area contributed by atoms with Crippen molar-refractivity contribution in [2.45, 2.75) is 45.8 Å². The van der Waals surface area contributed by atoms with E-state index in [1.807, 2.05) is 20.2 Å². The van der Waals surface area contributed by atoms with E-state index in [0.29, 0.717) is 6.54 Å². The van der Waals surface area contributed by atoms with Crippen molar-refractivity contribution in [3.05, 3.63) is 22.9 Å². The number of likely N-dealkylation sites (N-methyl/N-ethyl adjacent to an activating group) is 1. The molecule has 0 amide bonds. The minimum atomic E-state index is -0.332. The monoisotopic (exact) mass is 277 g/mol. The number of hydrogen-bond donors (Lipinski definition) is 2. The second kappa shape index (κ2) is 5.35. The number of aryl methyl sites for hydroxylation is 1. The van der Waals surface area contributed by atoms with Crippen LogP contribution in [0.15, 0.2) is 11.7 Å². The van der Waals surface area contributed by atoms with Crippen molar-refractivity contribution < 1.29 is 9.31 Å². The van der Waals surface area contributed by atoms with Crippen LogP contribution in [-0.4, -0.2) is 42.1 Å². The van der Waals surface area contributed by atoms with E-state index >= 15 is 0 Å². The molecule has 1 fully saturated rings. The predicted molar refractivity (Wildman–Crippen MR) is 81.3 cm³/mol. The molecule has 1 aromatic heterocycles. The summed E-state index contributed by atoms with van der Waals surface area (Å²) in [6.07, 6.45) is 3.90. The Morgan fingerprint density at radius 1 is 1.35 bits per heavy atom. The van der Waals surface area contributed by atoms with Crippen LogP contribution in [0.3, 0.4) is 0 Å². The highest BCUT2D eigenvalue weighted by Gasteiger charge is 2.52. The standard InChI is InChI=1S/C14H24BN3O2/c1-10-11(8-17-18-10)7-12(9-16-6)15-19-13(2,3)14(4,5)20-15/h7-8,16H,9H2,1-6H3,(H,17,18). The largest absolute Gasteiger partial charge is 0.491 e. The van der Waals surface area contributed by atoms with Gasteiger partial charge in [0.25, 0.3) is 0 Å². The summed E-state index contributed by atoms with van der Waals surface area (Å²) in [4.78, 5) is 0. The van der Waals surface area contributed by atoms with E-state index in [-0.39, 0.29) is 18.3 Å². The summed E-state index contributed by atoms with van der Waals surface area (Å²) in [6.45, 7) is 11.0. The Morgan fingerprint density at radius 2 is 1.95 bits per heavy atom. The first-order chi connectivity index (χ1) is 9.27. The molecule has 20 heavy (non-hydrogen) atoms. The molecule has 0 aromatic carbocycles. The Kier molecular flexibility index (Phi) is 4.09. The molecule has 5 nitrogen and oxygen atoms in total. The van der Waals surface area contributed by atoms with Crippen LogP contribution in [0, 0.1) is 6.92 Å². The van der Waals surface area contributed by atoms with Crippen molar-refractivity contribution in [2.24, 2.45) is 0 Å². The van der Waals surface area contributed by atoms with Crippen molar-refractivity contribution in [3.8, 4) is 0 Å². The molecule has 2 N–H and O–H groups in total. The predicted octanol–water partition coefficient (Wildman–Crippen LogP) is 1.95. The van der Waals surface area contributed by atoms with Crippen LogP contribution >= 0.6 is 0 Å². The number of aromatic nitrogens is 2. The number of H-pyrrole nitrogens is 1. The highest BCUT2D eigenvalue weighted by molar-refractivity contribution is 6.55. The first-order valence-corrected chi connectivity index (χ1v) is 6.97. The zero-order valence-corrected chi connectivity index (χ0v) is 13.2. The third kappa shape index (κ3) is 2.82. The van der Waals surface area contributed by atoms with Gasteiger partial charge in [-0.05, 0) is 47.1 Å². The molecule has 1 saturated heterocycles. The van der Waals surface area contributed by atoms with Gasteiger partial charge in [0.15, 0.2) is 0 Å². The summed E-state index contributed by atoms with van der Waals surface area (Å²) in [7, 11) is 1.59. The molecule has 0 saturated carbocycles. The molecule has 1 aliphatic heterocycles. The van der Waals surface area contributed by atoms with Crippen molar-refractivity contribution in [2.75, 3.05) is 13.6 Å². The molecule has 110 valence electrons. The van der Waals surface area contributed by atoms with Gasteiger partial charge in [-0.15, -0.1) is 0 Å². The first-order valence-electron chi connectivity index (χ1n) is 6.97. The van der Waals surface area contributed by atoms with E-state index in [1.54, 1.807) is 0 Å². The second-order valence-electron chi connectivity index (χ2n) is 6.29. The third-order valence-corrected chi connectivity index (χ3v) is 4.15. The van der Waals surface area contributed by atoms with Crippen LogP contribution in [0.5, 0.6) is 0 Å². The number of nitrogens with one attached hydrogen (secondary N) is 2. The van der Waals surface area contributed by atoms with Crippen molar-refractivity contribution >= 4 is 13.2 Å². The van der Waals surface area contributed by atoms with Crippen LogP contribution in [0.4, 0.5) is 0 Å². The third-order valence-electron chi connectivity index (χ3n) is 4.15. The molecule has 2 rings (SSSR count). The number of nitrogens with zero attached hydrogens (tertiary/aromatic N) is 1. The lowest BCUT2D eigenvalue weighted by atomic mass is 9.77. The zero-order chi connectivity index (χ0) is 15.0. The van der Waals surface area contributed by atoms with E-state index in [4.69, 9.17) is 9.31 Å². The summed E-state index contributed by atoms with van der Waals surface area (Å²) in [5, 5.41) is 10.2. The van der Waals surface area contributed by atoms with Gasteiger partial charge in [0.2, 0.25) is 0 Å². The van der Waals surface area contributed by atoms with E-state index < -0.39 is 0 Å². The Hall–Kier alpha value is -1.11. The van der Waals surface area contributed by atoms with Gasteiger partial charge < -0.3 is 14.6 Å². The molecule has 1 aromatic rings. The topological polar surface area (TPSA) is 59.2 Å². The average Bonchev–Trinajstić information content (AvgIpc) is 2.81. The molecule has 0 atom stereocenters. The average molecular weight is 277 g/mol. The van der Waals surface area contributed by atoms with Crippen LogP contribution in [-0.2, 0) is 9.31 Å². The lowest BCUT2D eigenvalue weighted by molar-refractivity contribution is 0.00578. The quantitative estimate of drug-likeness (QED) is 0.826. The Bertz CT molecular complexity index is 492. The summed E-state index contributed by atoms with van der Waals surface area (Å²) >= 11 is 0. The fourth-order valence-corrected chi connectivity index (χ4v) is 2.11. The molecule has 0 unspecified atom stereocenters. The normalized spacial score (nSPS) is 21.5. The van der Waals surface area contributed by atoms with Gasteiger partial charge in [-0.3, -0.25) is 5.10 Å². The Labute approximate surface area is 121 Å². The number of hydrogen-bond acceptors (Lipinski definition) is 4. The Morgan fingerprint density at radius 3 is 2.40 bits per heavy atom. The maximum absolute atomic E-state index is 6.11. The highest BCUT2D eigenvalue weighted by Crippen LogP contribution is 2.38. The summed E-state index contributed by atoms with van der Waals surface area (Å²) < 4.78 is 12.2. The summed E-state index contributed by atoms with van der Waals surface area (Å²) in [6, 6.07) is 0. The van der Waals surface area contributed by atoms with Gasteiger partial charge in [0.05, 0.1) is 17.4 Å². The van der Waals surface area contributed by atoms with Crippen molar-refractivity contribution in [1.29, 1.82) is 0 Å². The van der Waals surface area contributed by atoms with Crippen LogP contribution in [0.25, 0.3) is 6.08 Å². The highest BCUT2D eigenvalue weighted by atomic mass is 16.7. The molecule has 0 bridgehead atoms. The van der Waals surface area contributed by atoms with Gasteiger partial charge in [-0.2, -0.15) is 5.10 Å². The fourth-order valence-electron chi connectivity index (χ4n) is 2.11. The van der Waals surface area contributed by atoms with E-state index in [0.717, 1.165) is 16.7 Å². The second-order valence-corrected chi connectivity index (χ2v) is 6.29. The lowest BCUT2D eigenvalue weighted by Crippen LogP contribution is -2.41. The molecule has 0 spiro atoms. The van der Waals surface area contributed by atoms with Crippen molar-refractivity contribution in [1.82, 2.24) is 15.5 Å². The van der Waals surface area contributed by atoms with Crippen molar-refractivity contribution in [3.63, 3.8) is 0 Å². The molecule has 1 aliphatic rings. The van der Waals surface area contributed by atoms with Gasteiger partial charge in [0, 0.05) is 17.8 Å². The minimum Gasteiger partial charge on any atom is -0.400 e. The Balaban J connectivity index is 2.27. The smallest absolute Gasteiger partial charge is 0.400 e. The maximum Gasteiger partial charge on any atom is 0.491 e. The molecule has 0 radical (unpaired) electrons. The minimum absolute atomic E-state index is 0.323. The van der Waals surface area contributed by atoms with E-state index in [9.17, 15) is 0 Å².